The number of phenolic OH excluding ortho intramolecular Hbond substituents is 1. The lowest BCUT2D eigenvalue weighted by Crippen LogP contribution is -2.60. The van der Waals surface area contributed by atoms with E-state index in [1.807, 2.05) is 6.92 Å². The Hall–Kier alpha value is -3.96. The summed E-state index contributed by atoms with van der Waals surface area (Å²) >= 11 is 0. The molecular weight excluding hydrogens is 504 g/mol. The average molecular weight is 543 g/mol. The lowest BCUT2D eigenvalue weighted by Gasteiger charge is -2.28. The van der Waals surface area contributed by atoms with Gasteiger partial charge in [0.15, 0.2) is 6.04 Å². The molecule has 2 aromatic rings. The van der Waals surface area contributed by atoms with Gasteiger partial charge >= 0.3 is 5.97 Å². The van der Waals surface area contributed by atoms with Gasteiger partial charge in [0.1, 0.15) is 17.8 Å². The summed E-state index contributed by atoms with van der Waals surface area (Å²) in [5, 5.41) is 36.3. The zero-order chi connectivity index (χ0) is 29.1. The van der Waals surface area contributed by atoms with Crippen LogP contribution >= 0.6 is 0 Å². The van der Waals surface area contributed by atoms with Crippen LogP contribution in [-0.2, 0) is 32.0 Å². The number of carboxylic acid groups (broad SMARTS) is 1. The van der Waals surface area contributed by atoms with Gasteiger partial charge in [-0.3, -0.25) is 14.4 Å². The monoisotopic (exact) mass is 542 g/mol. The van der Waals surface area contributed by atoms with E-state index in [4.69, 9.17) is 5.73 Å². The topological polar surface area (TPSA) is 191 Å². The summed E-state index contributed by atoms with van der Waals surface area (Å²) in [6.45, 7) is 4.86. The number of benzene rings is 2. The number of hydrogen-bond donors (Lipinski definition) is 7. The maximum Gasteiger partial charge on any atom is 0.328 e. The van der Waals surface area contributed by atoms with Crippen molar-refractivity contribution in [2.75, 3.05) is 0 Å². The molecule has 0 aliphatic rings. The molecule has 0 bridgehead atoms. The van der Waals surface area contributed by atoms with Gasteiger partial charge in [0.25, 0.3) is 0 Å². The first-order chi connectivity index (χ1) is 18.4. The Morgan fingerprint density at radius 2 is 1.36 bits per heavy atom. The van der Waals surface area contributed by atoms with E-state index >= 15 is 0 Å². The van der Waals surface area contributed by atoms with Crippen LogP contribution in [0.5, 0.6) is 5.75 Å². The minimum Gasteiger partial charge on any atom is -0.508 e. The van der Waals surface area contributed by atoms with E-state index in [1.165, 1.54) is 19.1 Å². The van der Waals surface area contributed by atoms with Crippen LogP contribution < -0.4 is 21.7 Å². The molecule has 0 fully saturated rings. The normalized spacial score (nSPS) is 15.6. The highest BCUT2D eigenvalue weighted by Gasteiger charge is 2.33. The number of aliphatic hydroxyl groups is 1. The number of aliphatic hydroxyl groups excluding tert-OH is 1. The first kappa shape index (κ1) is 31.3. The van der Waals surface area contributed by atoms with Crippen LogP contribution in [0.15, 0.2) is 54.6 Å². The van der Waals surface area contributed by atoms with Crippen LogP contribution in [0.2, 0.25) is 0 Å². The number of aliphatic carboxylic acids is 1. The molecule has 0 radical (unpaired) electrons. The third kappa shape index (κ3) is 9.69. The smallest absolute Gasteiger partial charge is 0.328 e. The summed E-state index contributed by atoms with van der Waals surface area (Å²) in [5.41, 5.74) is 7.53. The number of amides is 3. The van der Waals surface area contributed by atoms with Crippen molar-refractivity contribution < 1.29 is 34.5 Å². The van der Waals surface area contributed by atoms with Crippen molar-refractivity contribution in [2.45, 2.75) is 70.3 Å². The van der Waals surface area contributed by atoms with Crippen LogP contribution in [0.3, 0.4) is 0 Å². The van der Waals surface area contributed by atoms with Crippen molar-refractivity contribution in [2.24, 2.45) is 11.7 Å². The quantitative estimate of drug-likeness (QED) is 0.179. The molecule has 0 saturated heterocycles. The minimum absolute atomic E-state index is 0.0477. The molecule has 0 spiro atoms. The first-order valence-corrected chi connectivity index (χ1v) is 12.8. The number of aromatic hydroxyl groups is 1. The van der Waals surface area contributed by atoms with Crippen molar-refractivity contribution in [1.29, 1.82) is 0 Å². The summed E-state index contributed by atoms with van der Waals surface area (Å²) in [7, 11) is 0. The van der Waals surface area contributed by atoms with Crippen molar-refractivity contribution in [3.05, 3.63) is 65.7 Å². The highest BCUT2D eigenvalue weighted by atomic mass is 16.4. The van der Waals surface area contributed by atoms with Gasteiger partial charge in [-0.1, -0.05) is 62.7 Å². The van der Waals surface area contributed by atoms with E-state index < -0.39 is 54.0 Å². The summed E-state index contributed by atoms with van der Waals surface area (Å²) in [4.78, 5) is 50.9. The number of carbonyl (C=O) groups excluding carboxylic acids is 3. The molecule has 39 heavy (non-hydrogen) atoms. The highest BCUT2D eigenvalue weighted by Crippen LogP contribution is 2.13. The second kappa shape index (κ2) is 14.8. The van der Waals surface area contributed by atoms with E-state index in [0.717, 1.165) is 5.56 Å². The molecule has 0 aromatic heterocycles. The summed E-state index contributed by atoms with van der Waals surface area (Å²) in [5.74, 6) is -3.64. The molecule has 3 amide bonds. The van der Waals surface area contributed by atoms with Crippen molar-refractivity contribution in [1.82, 2.24) is 16.0 Å². The Bertz CT molecular complexity index is 1110. The SMILES string of the molecule is CCC(C)C(NC(=O)C(N)Cc1ccc(O)cc1)C(=O)NC(Cc1ccccc1)C(=O)NC(C(=O)O)C(C)O. The number of nitrogens with two attached hydrogens (primary N) is 1. The summed E-state index contributed by atoms with van der Waals surface area (Å²) in [6, 6.07) is 10.3. The van der Waals surface area contributed by atoms with Gasteiger partial charge in [-0.2, -0.15) is 0 Å². The molecule has 11 heteroatoms. The van der Waals surface area contributed by atoms with Crippen molar-refractivity contribution >= 4 is 23.7 Å². The Morgan fingerprint density at radius 1 is 0.795 bits per heavy atom. The largest absolute Gasteiger partial charge is 0.508 e. The molecule has 8 N–H and O–H groups in total. The molecule has 11 nitrogen and oxygen atoms in total. The first-order valence-electron chi connectivity index (χ1n) is 12.8. The number of phenols is 1. The summed E-state index contributed by atoms with van der Waals surface area (Å²) in [6.07, 6.45) is -0.617. The minimum atomic E-state index is -1.57. The molecule has 6 atom stereocenters. The molecular formula is C28H38N4O7. The van der Waals surface area contributed by atoms with Crippen LogP contribution in [0.1, 0.15) is 38.3 Å². The van der Waals surface area contributed by atoms with Crippen LogP contribution in [0.4, 0.5) is 0 Å². The number of carbonyl (C=O) groups is 4. The fourth-order valence-electron chi connectivity index (χ4n) is 3.90. The fourth-order valence-corrected chi connectivity index (χ4v) is 3.90. The second-order valence-corrected chi connectivity index (χ2v) is 9.66. The zero-order valence-corrected chi connectivity index (χ0v) is 22.3. The molecule has 2 rings (SSSR count). The van der Waals surface area contributed by atoms with Crippen LogP contribution in [0, 0.1) is 5.92 Å². The number of nitrogens with one attached hydrogen (secondary N) is 3. The predicted molar refractivity (Wildman–Crippen MR) is 144 cm³/mol. The van der Waals surface area contributed by atoms with Gasteiger partial charge in [-0.05, 0) is 42.5 Å². The third-order valence-corrected chi connectivity index (χ3v) is 6.48. The second-order valence-electron chi connectivity index (χ2n) is 9.66. The van der Waals surface area contributed by atoms with Gasteiger partial charge in [0, 0.05) is 6.42 Å². The standard InChI is InChI=1S/C28H38N4O7/c1-4-16(2)23(31-25(35)21(29)14-19-10-12-20(34)13-11-19)27(37)30-22(15-18-8-6-5-7-9-18)26(36)32-24(17(3)33)28(38)39/h5-13,16-17,21-24,33-34H,4,14-15,29H2,1-3H3,(H,30,37)(H,31,35)(H,32,36)(H,38,39). The number of rotatable bonds is 14. The van der Waals surface area contributed by atoms with E-state index in [0.29, 0.717) is 12.0 Å². The zero-order valence-electron chi connectivity index (χ0n) is 22.3. The molecule has 0 aliphatic carbocycles. The van der Waals surface area contributed by atoms with Gasteiger partial charge in [-0.15, -0.1) is 0 Å². The molecule has 6 unspecified atom stereocenters. The predicted octanol–water partition coefficient (Wildman–Crippen LogP) is 0.471. The van der Waals surface area contributed by atoms with E-state index in [9.17, 15) is 34.5 Å². The highest BCUT2D eigenvalue weighted by molar-refractivity contribution is 5.94. The molecule has 2 aromatic carbocycles. The van der Waals surface area contributed by atoms with Gasteiger partial charge in [0.2, 0.25) is 17.7 Å². The summed E-state index contributed by atoms with van der Waals surface area (Å²) < 4.78 is 0. The third-order valence-electron chi connectivity index (χ3n) is 6.48. The maximum absolute atomic E-state index is 13.4. The van der Waals surface area contributed by atoms with E-state index in [2.05, 4.69) is 16.0 Å². The lowest BCUT2D eigenvalue weighted by molar-refractivity contribution is -0.145. The van der Waals surface area contributed by atoms with E-state index in [1.54, 1.807) is 49.4 Å². The van der Waals surface area contributed by atoms with Crippen LogP contribution in [0.25, 0.3) is 0 Å². The maximum atomic E-state index is 13.4. The molecule has 0 aliphatic heterocycles. The lowest BCUT2D eigenvalue weighted by atomic mass is 9.96. The molecule has 0 heterocycles. The van der Waals surface area contributed by atoms with E-state index in [-0.39, 0.29) is 24.5 Å². The Morgan fingerprint density at radius 3 is 1.90 bits per heavy atom. The van der Waals surface area contributed by atoms with Gasteiger partial charge in [0.05, 0.1) is 12.1 Å². The van der Waals surface area contributed by atoms with Gasteiger partial charge < -0.3 is 37.0 Å². The fraction of sp³-hybridized carbons (Fsp3) is 0.429. The van der Waals surface area contributed by atoms with Crippen molar-refractivity contribution in [3.63, 3.8) is 0 Å². The Balaban J connectivity index is 2.21. The van der Waals surface area contributed by atoms with Gasteiger partial charge in [-0.25, -0.2) is 4.79 Å². The Kier molecular flexibility index (Phi) is 11.9. The Labute approximate surface area is 227 Å². The van der Waals surface area contributed by atoms with Crippen molar-refractivity contribution in [3.8, 4) is 5.75 Å². The molecule has 212 valence electrons. The molecule has 0 saturated carbocycles. The average Bonchev–Trinajstić information content (AvgIpc) is 2.90. The van der Waals surface area contributed by atoms with Crippen LogP contribution in [-0.4, -0.2) is 69.3 Å². The number of hydrogen-bond acceptors (Lipinski definition) is 7. The number of carboxylic acids is 1.